The smallest absolute Gasteiger partial charge is 0.119 e. The molecule has 1 aromatic carbocycles. The van der Waals surface area contributed by atoms with Gasteiger partial charge in [0.1, 0.15) is 5.75 Å². The summed E-state index contributed by atoms with van der Waals surface area (Å²) in [5, 5.41) is 9.55. The van der Waals surface area contributed by atoms with Crippen LogP contribution in [0.4, 0.5) is 0 Å². The van der Waals surface area contributed by atoms with Gasteiger partial charge in [-0.25, -0.2) is 0 Å². The molecule has 0 aromatic heterocycles. The number of aliphatic hydroxyl groups excluding tert-OH is 1. The zero-order valence-corrected chi connectivity index (χ0v) is 11.2. The largest absolute Gasteiger partial charge is 0.497 e. The third kappa shape index (κ3) is 2.68. The summed E-state index contributed by atoms with van der Waals surface area (Å²) in [6, 6.07) is 6.16. The van der Waals surface area contributed by atoms with Gasteiger partial charge < -0.3 is 14.6 Å². The molecule has 0 fully saturated rings. The molecule has 0 aliphatic carbocycles. The zero-order chi connectivity index (χ0) is 13.0. The van der Waals surface area contributed by atoms with E-state index in [2.05, 4.69) is 19.1 Å². The molecule has 0 saturated carbocycles. The van der Waals surface area contributed by atoms with Crippen molar-refractivity contribution < 1.29 is 14.6 Å². The topological polar surface area (TPSA) is 38.7 Å². The van der Waals surface area contributed by atoms with Crippen molar-refractivity contribution >= 4 is 0 Å². The fraction of sp³-hybridized carbons (Fsp3) is 0.600. The summed E-state index contributed by atoms with van der Waals surface area (Å²) >= 11 is 0. The van der Waals surface area contributed by atoms with E-state index in [1.807, 2.05) is 6.07 Å². The minimum absolute atomic E-state index is 0.00815. The van der Waals surface area contributed by atoms with Gasteiger partial charge in [-0.15, -0.1) is 0 Å². The Kier molecular flexibility index (Phi) is 4.61. The molecular formula is C15H22O3. The van der Waals surface area contributed by atoms with Crippen LogP contribution in [0.2, 0.25) is 0 Å². The molecule has 100 valence electrons. The van der Waals surface area contributed by atoms with Gasteiger partial charge in [-0.05, 0) is 36.1 Å². The van der Waals surface area contributed by atoms with Crippen molar-refractivity contribution in [3.05, 3.63) is 29.3 Å². The minimum Gasteiger partial charge on any atom is -0.497 e. The van der Waals surface area contributed by atoms with Crippen molar-refractivity contribution in [1.82, 2.24) is 0 Å². The van der Waals surface area contributed by atoms with Gasteiger partial charge in [0.25, 0.3) is 0 Å². The third-order valence-corrected chi connectivity index (χ3v) is 3.65. The molecule has 1 aromatic rings. The van der Waals surface area contributed by atoms with Gasteiger partial charge in [-0.2, -0.15) is 0 Å². The van der Waals surface area contributed by atoms with Gasteiger partial charge in [0.15, 0.2) is 0 Å². The lowest BCUT2D eigenvalue weighted by Crippen LogP contribution is -2.25. The second kappa shape index (κ2) is 6.21. The molecule has 1 aliphatic heterocycles. The van der Waals surface area contributed by atoms with E-state index in [1.165, 1.54) is 11.1 Å². The van der Waals surface area contributed by atoms with Gasteiger partial charge in [0, 0.05) is 12.5 Å². The summed E-state index contributed by atoms with van der Waals surface area (Å²) in [6.45, 7) is 3.05. The molecule has 3 heteroatoms. The van der Waals surface area contributed by atoms with Crippen LogP contribution < -0.4 is 4.74 Å². The summed E-state index contributed by atoms with van der Waals surface area (Å²) in [5.74, 6) is 1.04. The van der Waals surface area contributed by atoms with E-state index in [1.54, 1.807) is 7.11 Å². The van der Waals surface area contributed by atoms with Crippen LogP contribution in [0.15, 0.2) is 18.2 Å². The summed E-state index contributed by atoms with van der Waals surface area (Å²) in [4.78, 5) is 0. The lowest BCUT2D eigenvalue weighted by atomic mass is 9.87. The monoisotopic (exact) mass is 250 g/mol. The van der Waals surface area contributed by atoms with Crippen LogP contribution in [0.3, 0.4) is 0 Å². The number of fused-ring (bicyclic) bond motifs is 1. The van der Waals surface area contributed by atoms with Gasteiger partial charge in [-0.1, -0.05) is 19.4 Å². The molecule has 0 amide bonds. The maximum atomic E-state index is 9.55. The Hall–Kier alpha value is -1.06. The minimum atomic E-state index is 0.00815. The molecule has 0 bridgehead atoms. The summed E-state index contributed by atoms with van der Waals surface area (Å²) in [7, 11) is 1.68. The molecule has 1 heterocycles. The summed E-state index contributed by atoms with van der Waals surface area (Å²) in [6.07, 6.45) is 3.00. The Morgan fingerprint density at radius 3 is 3.00 bits per heavy atom. The molecule has 18 heavy (non-hydrogen) atoms. The van der Waals surface area contributed by atoms with E-state index < -0.39 is 0 Å². The highest BCUT2D eigenvalue weighted by Crippen LogP contribution is 2.36. The number of hydrogen-bond donors (Lipinski definition) is 1. The SMILES string of the molecule is CCC[C@@H](CO)[C@H]1OCCc2ccc(OC)cc21. The predicted molar refractivity (Wildman–Crippen MR) is 70.9 cm³/mol. The lowest BCUT2D eigenvalue weighted by Gasteiger charge is -2.31. The molecule has 0 saturated heterocycles. The van der Waals surface area contributed by atoms with Gasteiger partial charge in [-0.3, -0.25) is 0 Å². The number of rotatable bonds is 5. The Bertz CT molecular complexity index is 389. The van der Waals surface area contributed by atoms with E-state index >= 15 is 0 Å². The number of benzene rings is 1. The fourth-order valence-electron chi connectivity index (χ4n) is 2.68. The van der Waals surface area contributed by atoms with Crippen LogP contribution in [0, 0.1) is 5.92 Å². The Balaban J connectivity index is 2.30. The molecule has 2 rings (SSSR count). The van der Waals surface area contributed by atoms with Crippen LogP contribution in [-0.4, -0.2) is 25.4 Å². The number of ether oxygens (including phenoxy) is 2. The summed E-state index contributed by atoms with van der Waals surface area (Å²) in [5.41, 5.74) is 2.51. The van der Waals surface area contributed by atoms with Crippen molar-refractivity contribution in [3.8, 4) is 5.75 Å². The first kappa shape index (κ1) is 13.4. The fourth-order valence-corrected chi connectivity index (χ4v) is 2.68. The van der Waals surface area contributed by atoms with Crippen LogP contribution in [0.25, 0.3) is 0 Å². The van der Waals surface area contributed by atoms with Crippen molar-refractivity contribution in [2.45, 2.75) is 32.3 Å². The highest BCUT2D eigenvalue weighted by Gasteiger charge is 2.28. The van der Waals surface area contributed by atoms with E-state index in [4.69, 9.17) is 9.47 Å². The third-order valence-electron chi connectivity index (χ3n) is 3.65. The first-order chi connectivity index (χ1) is 8.80. The molecule has 0 unspecified atom stereocenters. The van der Waals surface area contributed by atoms with E-state index in [0.717, 1.165) is 31.6 Å². The number of hydrogen-bond acceptors (Lipinski definition) is 3. The van der Waals surface area contributed by atoms with Crippen LogP contribution >= 0.6 is 0 Å². The first-order valence-corrected chi connectivity index (χ1v) is 6.69. The molecule has 0 spiro atoms. The molecular weight excluding hydrogens is 228 g/mol. The highest BCUT2D eigenvalue weighted by molar-refractivity contribution is 5.38. The normalized spacial score (nSPS) is 20.3. The molecule has 1 N–H and O–H groups in total. The van der Waals surface area contributed by atoms with Gasteiger partial charge in [0.05, 0.1) is 19.8 Å². The Morgan fingerprint density at radius 1 is 1.50 bits per heavy atom. The second-order valence-electron chi connectivity index (χ2n) is 4.84. The van der Waals surface area contributed by atoms with Crippen molar-refractivity contribution in [1.29, 1.82) is 0 Å². The highest BCUT2D eigenvalue weighted by atomic mass is 16.5. The van der Waals surface area contributed by atoms with E-state index in [-0.39, 0.29) is 18.6 Å². The average molecular weight is 250 g/mol. The molecule has 1 aliphatic rings. The maximum Gasteiger partial charge on any atom is 0.119 e. The predicted octanol–water partition coefficient (Wildman–Crippen LogP) is 2.72. The van der Waals surface area contributed by atoms with Crippen LogP contribution in [-0.2, 0) is 11.2 Å². The molecule has 3 nitrogen and oxygen atoms in total. The quantitative estimate of drug-likeness (QED) is 0.873. The lowest BCUT2D eigenvalue weighted by molar-refractivity contribution is -0.0197. The van der Waals surface area contributed by atoms with Crippen LogP contribution in [0.1, 0.15) is 37.0 Å². The number of aliphatic hydroxyl groups is 1. The molecule has 2 atom stereocenters. The maximum absolute atomic E-state index is 9.55. The van der Waals surface area contributed by atoms with E-state index in [9.17, 15) is 5.11 Å². The van der Waals surface area contributed by atoms with E-state index in [0.29, 0.717) is 0 Å². The van der Waals surface area contributed by atoms with Gasteiger partial charge in [0.2, 0.25) is 0 Å². The van der Waals surface area contributed by atoms with Crippen molar-refractivity contribution in [3.63, 3.8) is 0 Å². The number of methoxy groups -OCH3 is 1. The summed E-state index contributed by atoms with van der Waals surface area (Å²) < 4.78 is 11.2. The second-order valence-corrected chi connectivity index (χ2v) is 4.84. The van der Waals surface area contributed by atoms with Crippen molar-refractivity contribution in [2.75, 3.05) is 20.3 Å². The average Bonchev–Trinajstić information content (AvgIpc) is 2.43. The zero-order valence-electron chi connectivity index (χ0n) is 11.2. The van der Waals surface area contributed by atoms with Crippen molar-refractivity contribution in [2.24, 2.45) is 5.92 Å². The molecule has 0 radical (unpaired) electrons. The Morgan fingerprint density at radius 2 is 2.33 bits per heavy atom. The van der Waals surface area contributed by atoms with Gasteiger partial charge >= 0.3 is 0 Å². The standard InChI is InChI=1S/C15H22O3/c1-3-4-12(10-16)15-14-9-13(17-2)6-5-11(14)7-8-18-15/h5-6,9,12,15-16H,3-4,7-8,10H2,1-2H3/t12-,15+/m0/s1. The first-order valence-electron chi connectivity index (χ1n) is 6.69. The van der Waals surface area contributed by atoms with Crippen LogP contribution in [0.5, 0.6) is 5.75 Å². The Labute approximate surface area is 109 Å².